The van der Waals surface area contributed by atoms with Gasteiger partial charge in [-0.15, -0.1) is 5.53 Å². The fraction of sp³-hybridized carbons (Fsp3) is 0.296. The van der Waals surface area contributed by atoms with Crippen LogP contribution in [0.1, 0.15) is 27.2 Å². The number of hydrogen-bond donors (Lipinski definition) is 3. The Morgan fingerprint density at radius 3 is 2.51 bits per heavy atom. The lowest BCUT2D eigenvalue weighted by atomic mass is 10.1. The molecule has 10 nitrogen and oxygen atoms in total. The van der Waals surface area contributed by atoms with E-state index in [1.807, 2.05) is 11.9 Å². The summed E-state index contributed by atoms with van der Waals surface area (Å²) in [5.41, 5.74) is 6.77. The van der Waals surface area contributed by atoms with E-state index in [2.05, 4.69) is 26.2 Å². The van der Waals surface area contributed by atoms with Gasteiger partial charge in [-0.05, 0) is 38.2 Å². The minimum Gasteiger partial charge on any atom is -0.495 e. The SMILES string of the molecule is COc1cncc(C2=CN(c3cc(C(=O)Nc4cc(N5CCN(C)CC5)c(F)c(C(F)(F)F)c4)cnc3C)NN2)c1. The van der Waals surface area contributed by atoms with E-state index in [9.17, 15) is 18.0 Å². The minimum atomic E-state index is -4.94. The second-order valence-electron chi connectivity index (χ2n) is 9.69. The fourth-order valence-electron chi connectivity index (χ4n) is 4.53. The summed E-state index contributed by atoms with van der Waals surface area (Å²) in [5, 5.41) is 4.11. The molecule has 3 aromatic rings. The third-order valence-electron chi connectivity index (χ3n) is 6.87. The number of anilines is 3. The van der Waals surface area contributed by atoms with Crippen molar-refractivity contribution in [3.05, 3.63) is 77.3 Å². The summed E-state index contributed by atoms with van der Waals surface area (Å²) in [6.45, 7) is 3.59. The summed E-state index contributed by atoms with van der Waals surface area (Å²) >= 11 is 0. The standard InChI is InChI=1S/C27H28F4N8O2/c1-16-23(39-15-22(35-36-39)17-8-20(41-3)14-32-12-17)9-18(13-33-16)26(40)34-19-10-21(27(29,30)31)25(28)24(11-19)38-6-4-37(2)5-7-38/h8-15,35-36H,4-7H2,1-3H3,(H,34,40). The van der Waals surface area contributed by atoms with Gasteiger partial charge in [0.25, 0.3) is 5.91 Å². The van der Waals surface area contributed by atoms with Crippen molar-refractivity contribution in [2.24, 2.45) is 0 Å². The van der Waals surface area contributed by atoms with Gasteiger partial charge in [0.2, 0.25) is 0 Å². The summed E-state index contributed by atoms with van der Waals surface area (Å²) < 4.78 is 61.5. The maximum Gasteiger partial charge on any atom is 0.419 e. The molecule has 0 bridgehead atoms. The number of aryl methyl sites for hydroxylation is 1. The van der Waals surface area contributed by atoms with Crippen LogP contribution in [0.25, 0.3) is 5.70 Å². The van der Waals surface area contributed by atoms with Gasteiger partial charge in [0.15, 0.2) is 5.82 Å². The first-order valence-electron chi connectivity index (χ1n) is 12.7. The number of amides is 1. The third-order valence-corrected chi connectivity index (χ3v) is 6.87. The van der Waals surface area contributed by atoms with Gasteiger partial charge >= 0.3 is 6.18 Å². The van der Waals surface area contributed by atoms with Crippen molar-refractivity contribution in [1.29, 1.82) is 0 Å². The lowest BCUT2D eigenvalue weighted by Crippen LogP contribution is -2.45. The van der Waals surface area contributed by atoms with Crippen LogP contribution in [0, 0.1) is 12.7 Å². The van der Waals surface area contributed by atoms with E-state index >= 15 is 4.39 Å². The number of ether oxygens (including phenoxy) is 1. The van der Waals surface area contributed by atoms with Crippen LogP contribution in [-0.4, -0.2) is 61.1 Å². The van der Waals surface area contributed by atoms with Crippen molar-refractivity contribution in [3.63, 3.8) is 0 Å². The monoisotopic (exact) mass is 572 g/mol. The Labute approximate surface area is 233 Å². The minimum absolute atomic E-state index is 0.0938. The number of benzene rings is 1. The number of rotatable bonds is 6. The Morgan fingerprint density at radius 1 is 1.05 bits per heavy atom. The van der Waals surface area contributed by atoms with Crippen LogP contribution in [0.2, 0.25) is 0 Å². The lowest BCUT2D eigenvalue weighted by Gasteiger charge is -2.34. The van der Waals surface area contributed by atoms with Crippen molar-refractivity contribution in [1.82, 2.24) is 25.8 Å². The van der Waals surface area contributed by atoms with Crippen LogP contribution < -0.4 is 30.9 Å². The smallest absolute Gasteiger partial charge is 0.419 e. The zero-order chi connectivity index (χ0) is 29.3. The molecule has 1 fully saturated rings. The number of carbonyl (C=O) groups excluding carboxylic acids is 1. The normalized spacial score (nSPS) is 15.9. The van der Waals surface area contributed by atoms with Crippen molar-refractivity contribution < 1.29 is 27.1 Å². The second-order valence-corrected chi connectivity index (χ2v) is 9.69. The van der Waals surface area contributed by atoms with Gasteiger partial charge < -0.3 is 25.3 Å². The lowest BCUT2D eigenvalue weighted by molar-refractivity contribution is -0.139. The molecule has 216 valence electrons. The molecule has 2 aliphatic heterocycles. The number of nitrogens with one attached hydrogen (secondary N) is 3. The van der Waals surface area contributed by atoms with Crippen LogP contribution in [0.3, 0.4) is 0 Å². The van der Waals surface area contributed by atoms with Crippen LogP contribution in [-0.2, 0) is 6.18 Å². The van der Waals surface area contributed by atoms with Crippen molar-refractivity contribution in [2.45, 2.75) is 13.1 Å². The van der Waals surface area contributed by atoms with E-state index in [0.29, 0.717) is 55.1 Å². The molecule has 4 heterocycles. The summed E-state index contributed by atoms with van der Waals surface area (Å²) in [7, 11) is 3.42. The molecule has 0 unspecified atom stereocenters. The summed E-state index contributed by atoms with van der Waals surface area (Å²) in [6.07, 6.45) is 1.34. The van der Waals surface area contributed by atoms with Gasteiger partial charge in [-0.25, -0.2) is 4.39 Å². The molecular formula is C27H28F4N8O2. The number of nitrogens with zero attached hydrogens (tertiary/aromatic N) is 5. The van der Waals surface area contributed by atoms with E-state index in [1.165, 1.54) is 19.4 Å². The Bertz CT molecular complexity index is 1490. The van der Waals surface area contributed by atoms with E-state index < -0.39 is 23.5 Å². The highest BCUT2D eigenvalue weighted by atomic mass is 19.4. The van der Waals surface area contributed by atoms with Crippen molar-refractivity contribution in [2.75, 3.05) is 55.6 Å². The van der Waals surface area contributed by atoms with Crippen molar-refractivity contribution in [3.8, 4) is 5.75 Å². The van der Waals surface area contributed by atoms with E-state index in [-0.39, 0.29) is 16.9 Å². The van der Waals surface area contributed by atoms with E-state index in [1.54, 1.807) is 47.6 Å². The molecule has 0 radical (unpaired) electrons. The maximum absolute atomic E-state index is 15.0. The fourth-order valence-corrected chi connectivity index (χ4v) is 4.53. The first kappa shape index (κ1) is 28.1. The molecule has 0 spiro atoms. The summed E-state index contributed by atoms with van der Waals surface area (Å²) in [6, 6.07) is 5.18. The second kappa shape index (κ2) is 11.2. The molecule has 41 heavy (non-hydrogen) atoms. The molecule has 1 amide bonds. The first-order valence-corrected chi connectivity index (χ1v) is 12.7. The molecule has 0 aliphatic carbocycles. The largest absolute Gasteiger partial charge is 0.495 e. The van der Waals surface area contributed by atoms with Gasteiger partial charge in [0, 0.05) is 56.0 Å². The van der Waals surface area contributed by atoms with Crippen LogP contribution >= 0.6 is 0 Å². The predicted octanol–water partition coefficient (Wildman–Crippen LogP) is 3.78. The number of piperazine rings is 1. The predicted molar refractivity (Wildman–Crippen MR) is 146 cm³/mol. The number of aromatic nitrogens is 2. The van der Waals surface area contributed by atoms with E-state index in [0.717, 1.165) is 5.56 Å². The molecule has 2 aromatic heterocycles. The highest BCUT2D eigenvalue weighted by molar-refractivity contribution is 6.05. The molecular weight excluding hydrogens is 544 g/mol. The van der Waals surface area contributed by atoms with Gasteiger partial charge in [-0.2, -0.15) is 13.2 Å². The molecule has 14 heteroatoms. The highest BCUT2D eigenvalue weighted by Gasteiger charge is 2.37. The van der Waals surface area contributed by atoms with Crippen LogP contribution in [0.15, 0.2) is 49.1 Å². The number of methoxy groups -OCH3 is 1. The molecule has 3 N–H and O–H groups in total. The maximum atomic E-state index is 15.0. The van der Waals surface area contributed by atoms with E-state index in [4.69, 9.17) is 4.74 Å². The summed E-state index contributed by atoms with van der Waals surface area (Å²) in [5.74, 6) is -1.48. The highest BCUT2D eigenvalue weighted by Crippen LogP contribution is 2.38. The average molecular weight is 573 g/mol. The molecule has 0 atom stereocenters. The zero-order valence-electron chi connectivity index (χ0n) is 22.5. The molecule has 2 aliphatic rings. The van der Waals surface area contributed by atoms with Crippen molar-refractivity contribution >= 4 is 28.7 Å². The Kier molecular flexibility index (Phi) is 7.69. The quantitative estimate of drug-likeness (QED) is 0.382. The number of halogens is 4. The Balaban J connectivity index is 1.41. The number of pyridine rings is 2. The number of carbonyl (C=O) groups is 1. The molecule has 5 rings (SSSR count). The van der Waals surface area contributed by atoms with Crippen LogP contribution in [0.5, 0.6) is 5.75 Å². The molecule has 1 saturated heterocycles. The molecule has 1 aromatic carbocycles. The van der Waals surface area contributed by atoms with Gasteiger partial charge in [0.05, 0.1) is 47.2 Å². The van der Waals surface area contributed by atoms with Gasteiger partial charge in [0.1, 0.15) is 5.75 Å². The number of likely N-dealkylation sites (N-methyl/N-ethyl adjacent to an activating group) is 1. The molecule has 0 saturated carbocycles. The number of hydrogen-bond acceptors (Lipinski definition) is 9. The van der Waals surface area contributed by atoms with Gasteiger partial charge in [-0.3, -0.25) is 19.8 Å². The van der Waals surface area contributed by atoms with Gasteiger partial charge in [-0.1, -0.05) is 0 Å². The first-order chi connectivity index (χ1) is 19.5. The summed E-state index contributed by atoms with van der Waals surface area (Å²) in [4.78, 5) is 25.2. The number of hydrazine groups is 2. The number of alkyl halides is 3. The zero-order valence-corrected chi connectivity index (χ0v) is 22.5. The Morgan fingerprint density at radius 2 is 1.80 bits per heavy atom. The Hall–Kier alpha value is -4.43. The topological polar surface area (TPSA) is 97.9 Å². The third kappa shape index (κ3) is 6.02. The average Bonchev–Trinajstić information content (AvgIpc) is 3.44. The van der Waals surface area contributed by atoms with Crippen LogP contribution in [0.4, 0.5) is 34.6 Å².